The van der Waals surface area contributed by atoms with Gasteiger partial charge in [0.1, 0.15) is 11.6 Å². The SMILES string of the molecule is O=C(Cc1cccc(F)c1)N1CCCC(c2nccn2CC2CCC2)C1. The molecule has 4 nitrogen and oxygen atoms in total. The first kappa shape index (κ1) is 17.3. The standard InChI is InChI=1S/C21H26FN3O/c22-19-8-2-6-17(12-19)13-20(26)24-10-3-7-18(15-24)21-23-9-11-25(21)14-16-4-1-5-16/h2,6,8-9,11-12,16,18H,1,3-5,7,10,13-15H2. The van der Waals surface area contributed by atoms with E-state index in [1.54, 1.807) is 6.07 Å². The Bertz CT molecular complexity index is 768. The molecule has 1 aromatic heterocycles. The van der Waals surface area contributed by atoms with Crippen LogP contribution in [0, 0.1) is 11.7 Å². The molecule has 2 fully saturated rings. The van der Waals surface area contributed by atoms with Gasteiger partial charge in [0.15, 0.2) is 0 Å². The van der Waals surface area contributed by atoms with E-state index in [2.05, 4.69) is 15.7 Å². The third kappa shape index (κ3) is 3.81. The Balaban J connectivity index is 1.41. The number of piperidine rings is 1. The van der Waals surface area contributed by atoms with Crippen LogP contribution in [0.25, 0.3) is 0 Å². The average Bonchev–Trinajstić information content (AvgIpc) is 3.07. The van der Waals surface area contributed by atoms with Crippen molar-refractivity contribution in [1.82, 2.24) is 14.5 Å². The minimum absolute atomic E-state index is 0.0809. The van der Waals surface area contributed by atoms with Gasteiger partial charge in [-0.05, 0) is 49.3 Å². The van der Waals surface area contributed by atoms with Crippen LogP contribution in [0.2, 0.25) is 0 Å². The van der Waals surface area contributed by atoms with Crippen LogP contribution in [0.5, 0.6) is 0 Å². The van der Waals surface area contributed by atoms with Crippen LogP contribution in [0.3, 0.4) is 0 Å². The fourth-order valence-corrected chi connectivity index (χ4v) is 4.14. The summed E-state index contributed by atoms with van der Waals surface area (Å²) in [4.78, 5) is 19.2. The lowest BCUT2D eigenvalue weighted by Gasteiger charge is -2.34. The van der Waals surface area contributed by atoms with Gasteiger partial charge in [-0.15, -0.1) is 0 Å². The van der Waals surface area contributed by atoms with Gasteiger partial charge in [0, 0.05) is 37.9 Å². The third-order valence-electron chi connectivity index (χ3n) is 5.81. The number of amides is 1. The Morgan fingerprint density at radius 2 is 2.12 bits per heavy atom. The number of carbonyl (C=O) groups excluding carboxylic acids is 1. The molecule has 138 valence electrons. The van der Waals surface area contributed by atoms with E-state index in [1.807, 2.05) is 17.2 Å². The minimum Gasteiger partial charge on any atom is -0.342 e. The molecular weight excluding hydrogens is 329 g/mol. The molecule has 0 N–H and O–H groups in total. The van der Waals surface area contributed by atoms with E-state index in [0.29, 0.717) is 5.92 Å². The zero-order valence-electron chi connectivity index (χ0n) is 15.1. The second-order valence-corrected chi connectivity index (χ2v) is 7.72. The summed E-state index contributed by atoms with van der Waals surface area (Å²) in [5.41, 5.74) is 0.739. The quantitative estimate of drug-likeness (QED) is 0.819. The van der Waals surface area contributed by atoms with Crippen molar-refractivity contribution in [2.45, 2.75) is 51.0 Å². The summed E-state index contributed by atoms with van der Waals surface area (Å²) < 4.78 is 15.7. The zero-order chi connectivity index (χ0) is 17.9. The van der Waals surface area contributed by atoms with Crippen molar-refractivity contribution in [3.63, 3.8) is 0 Å². The average molecular weight is 355 g/mol. The van der Waals surface area contributed by atoms with E-state index >= 15 is 0 Å². The highest BCUT2D eigenvalue weighted by Crippen LogP contribution is 2.31. The summed E-state index contributed by atoms with van der Waals surface area (Å²) in [6, 6.07) is 6.33. The third-order valence-corrected chi connectivity index (χ3v) is 5.81. The second kappa shape index (κ2) is 7.60. The first-order valence-corrected chi connectivity index (χ1v) is 9.72. The van der Waals surface area contributed by atoms with Gasteiger partial charge in [-0.25, -0.2) is 9.37 Å². The van der Waals surface area contributed by atoms with Crippen LogP contribution in [-0.2, 0) is 17.8 Å². The number of halogens is 1. The molecule has 1 aliphatic heterocycles. The Labute approximate surface area is 154 Å². The Morgan fingerprint density at radius 1 is 1.23 bits per heavy atom. The Hall–Kier alpha value is -2.17. The largest absolute Gasteiger partial charge is 0.342 e. The van der Waals surface area contributed by atoms with E-state index in [4.69, 9.17) is 0 Å². The van der Waals surface area contributed by atoms with E-state index in [0.717, 1.165) is 49.8 Å². The number of benzene rings is 1. The Kier molecular flexibility index (Phi) is 5.05. The number of imidazole rings is 1. The maximum Gasteiger partial charge on any atom is 0.227 e. The molecule has 4 rings (SSSR count). The molecule has 5 heteroatoms. The van der Waals surface area contributed by atoms with Crippen molar-refractivity contribution < 1.29 is 9.18 Å². The summed E-state index contributed by atoms with van der Waals surface area (Å²) >= 11 is 0. The normalized spacial score (nSPS) is 20.8. The maximum atomic E-state index is 13.4. The number of rotatable bonds is 5. The van der Waals surface area contributed by atoms with Gasteiger partial charge in [0.25, 0.3) is 0 Å². The fraction of sp³-hybridized carbons (Fsp3) is 0.524. The molecule has 1 amide bonds. The van der Waals surface area contributed by atoms with Crippen molar-refractivity contribution in [2.24, 2.45) is 5.92 Å². The summed E-state index contributed by atoms with van der Waals surface area (Å²) in [7, 11) is 0. The molecule has 1 saturated heterocycles. The first-order chi connectivity index (χ1) is 12.7. The Morgan fingerprint density at radius 3 is 2.88 bits per heavy atom. The van der Waals surface area contributed by atoms with Gasteiger partial charge < -0.3 is 9.47 Å². The van der Waals surface area contributed by atoms with Crippen molar-refractivity contribution >= 4 is 5.91 Å². The molecule has 0 spiro atoms. The highest BCUT2D eigenvalue weighted by molar-refractivity contribution is 5.79. The fourth-order valence-electron chi connectivity index (χ4n) is 4.14. The molecular formula is C21H26FN3O. The van der Waals surface area contributed by atoms with Gasteiger partial charge in [-0.1, -0.05) is 18.6 Å². The predicted molar refractivity (Wildman–Crippen MR) is 98.2 cm³/mol. The molecule has 1 unspecified atom stereocenters. The summed E-state index contributed by atoms with van der Waals surface area (Å²) in [5, 5.41) is 0. The number of nitrogens with zero attached hydrogens (tertiary/aromatic N) is 3. The maximum absolute atomic E-state index is 13.4. The van der Waals surface area contributed by atoms with Gasteiger partial charge in [-0.2, -0.15) is 0 Å². The van der Waals surface area contributed by atoms with Crippen molar-refractivity contribution in [3.05, 3.63) is 53.9 Å². The predicted octanol–water partition coefficient (Wildman–Crippen LogP) is 3.77. The molecule has 0 bridgehead atoms. The number of carbonyl (C=O) groups is 1. The van der Waals surface area contributed by atoms with Crippen LogP contribution in [-0.4, -0.2) is 33.4 Å². The lowest BCUT2D eigenvalue weighted by molar-refractivity contribution is -0.131. The summed E-state index contributed by atoms with van der Waals surface area (Å²) in [6.45, 7) is 2.56. The molecule has 0 radical (unpaired) electrons. The van der Waals surface area contributed by atoms with Crippen molar-refractivity contribution in [3.8, 4) is 0 Å². The number of likely N-dealkylation sites (tertiary alicyclic amines) is 1. The molecule has 1 aliphatic carbocycles. The lowest BCUT2D eigenvalue weighted by atomic mass is 9.85. The van der Waals surface area contributed by atoms with Crippen LogP contribution in [0.4, 0.5) is 4.39 Å². The minimum atomic E-state index is -0.287. The highest BCUT2D eigenvalue weighted by atomic mass is 19.1. The number of hydrogen-bond donors (Lipinski definition) is 0. The van der Waals surface area contributed by atoms with Crippen LogP contribution >= 0.6 is 0 Å². The zero-order valence-corrected chi connectivity index (χ0v) is 15.1. The van der Waals surface area contributed by atoms with Gasteiger partial charge in [-0.3, -0.25) is 4.79 Å². The number of aromatic nitrogens is 2. The highest BCUT2D eigenvalue weighted by Gasteiger charge is 2.28. The van der Waals surface area contributed by atoms with Crippen LogP contribution in [0.1, 0.15) is 49.4 Å². The van der Waals surface area contributed by atoms with E-state index in [9.17, 15) is 9.18 Å². The van der Waals surface area contributed by atoms with Crippen LogP contribution in [0.15, 0.2) is 36.7 Å². The molecule has 2 aliphatic rings. The molecule has 26 heavy (non-hydrogen) atoms. The molecule has 1 atom stereocenters. The van der Waals surface area contributed by atoms with Gasteiger partial charge >= 0.3 is 0 Å². The van der Waals surface area contributed by atoms with E-state index in [-0.39, 0.29) is 18.1 Å². The summed E-state index contributed by atoms with van der Waals surface area (Å²) in [6.07, 6.45) is 10.3. The molecule has 1 aromatic carbocycles. The van der Waals surface area contributed by atoms with Crippen molar-refractivity contribution in [2.75, 3.05) is 13.1 Å². The monoisotopic (exact) mass is 355 g/mol. The van der Waals surface area contributed by atoms with E-state index < -0.39 is 0 Å². The summed E-state index contributed by atoms with van der Waals surface area (Å²) in [5.74, 6) is 2.01. The smallest absolute Gasteiger partial charge is 0.227 e. The molecule has 2 heterocycles. The second-order valence-electron chi connectivity index (χ2n) is 7.72. The molecule has 2 aromatic rings. The first-order valence-electron chi connectivity index (χ1n) is 9.72. The lowest BCUT2D eigenvalue weighted by Crippen LogP contribution is -2.40. The van der Waals surface area contributed by atoms with E-state index in [1.165, 1.54) is 31.4 Å². The molecule has 1 saturated carbocycles. The van der Waals surface area contributed by atoms with Crippen molar-refractivity contribution in [1.29, 1.82) is 0 Å². The van der Waals surface area contributed by atoms with Crippen LogP contribution < -0.4 is 0 Å². The van der Waals surface area contributed by atoms with Gasteiger partial charge in [0.2, 0.25) is 5.91 Å². The topological polar surface area (TPSA) is 38.1 Å². The number of hydrogen-bond acceptors (Lipinski definition) is 2. The van der Waals surface area contributed by atoms with Gasteiger partial charge in [0.05, 0.1) is 6.42 Å².